The van der Waals surface area contributed by atoms with Gasteiger partial charge in [0.15, 0.2) is 17.7 Å². The average molecular weight is 438 g/mol. The van der Waals surface area contributed by atoms with Gasteiger partial charge in [0, 0.05) is 25.9 Å². The van der Waals surface area contributed by atoms with Crippen LogP contribution in [-0.4, -0.2) is 42.6 Å². The number of halogens is 2. The Morgan fingerprint density at radius 3 is 2.65 bits per heavy atom. The average Bonchev–Trinajstić information content (AvgIpc) is 3.06. The summed E-state index contributed by atoms with van der Waals surface area (Å²) in [6.07, 6.45) is 0.0341. The Morgan fingerprint density at radius 1 is 1.29 bits per heavy atom. The molecule has 1 fully saturated rings. The largest absolute Gasteiger partial charge is 0.379 e. The van der Waals surface area contributed by atoms with E-state index < -0.39 is 41.6 Å². The first kappa shape index (κ1) is 24.6. The Labute approximate surface area is 180 Å². The van der Waals surface area contributed by atoms with Gasteiger partial charge in [0.1, 0.15) is 5.78 Å². The van der Waals surface area contributed by atoms with Crippen molar-refractivity contribution in [3.63, 3.8) is 0 Å². The van der Waals surface area contributed by atoms with Crippen molar-refractivity contribution >= 4 is 23.4 Å². The van der Waals surface area contributed by atoms with Crippen LogP contribution < -0.4 is 5.32 Å². The molecule has 0 radical (unpaired) electrons. The molecule has 4 atom stereocenters. The van der Waals surface area contributed by atoms with Crippen molar-refractivity contribution in [2.45, 2.75) is 58.6 Å². The molecule has 1 N–H and O–H groups in total. The number of amides is 1. The Bertz CT molecular complexity index is 854. The lowest BCUT2D eigenvalue weighted by Gasteiger charge is -2.23. The standard InChI is InChI=1S/C22H28F2N2O5/c1-12(2)26-31-22(29)21(13(3)30-4)25-19(28)11-14-8-9-18(27)16(14)10-15-6-5-7-17(23)20(15)24/h5-7,13-14,16,21H,8-11H2,1-4H3,(H,25,28)/t13-,14+,16?,21+/m1/s1. The van der Waals surface area contributed by atoms with Crippen LogP contribution in [0.25, 0.3) is 0 Å². The van der Waals surface area contributed by atoms with E-state index in [2.05, 4.69) is 10.5 Å². The van der Waals surface area contributed by atoms with Crippen LogP contribution in [0.3, 0.4) is 0 Å². The second-order valence-electron chi connectivity index (χ2n) is 7.93. The minimum atomic E-state index is -1.09. The van der Waals surface area contributed by atoms with E-state index in [1.165, 1.54) is 19.2 Å². The maximum atomic E-state index is 14.0. The molecule has 0 bridgehead atoms. The number of carbonyl (C=O) groups excluding carboxylic acids is 3. The van der Waals surface area contributed by atoms with Crippen molar-refractivity contribution < 1.29 is 32.7 Å². The van der Waals surface area contributed by atoms with Crippen LogP contribution >= 0.6 is 0 Å². The fourth-order valence-corrected chi connectivity index (χ4v) is 3.61. The zero-order valence-electron chi connectivity index (χ0n) is 18.1. The molecular weight excluding hydrogens is 410 g/mol. The van der Waals surface area contributed by atoms with Gasteiger partial charge in [-0.05, 0) is 51.2 Å². The number of methoxy groups -OCH3 is 1. The number of benzene rings is 1. The fourth-order valence-electron chi connectivity index (χ4n) is 3.61. The number of ether oxygens (including phenoxy) is 1. The molecule has 1 aromatic carbocycles. The maximum absolute atomic E-state index is 14.0. The molecule has 1 aliphatic rings. The number of nitrogens with one attached hydrogen (secondary N) is 1. The highest BCUT2D eigenvalue weighted by atomic mass is 19.2. The molecule has 0 aromatic heterocycles. The highest BCUT2D eigenvalue weighted by molar-refractivity contribution is 5.88. The van der Waals surface area contributed by atoms with Gasteiger partial charge in [-0.25, -0.2) is 13.6 Å². The highest BCUT2D eigenvalue weighted by Gasteiger charge is 2.37. The molecule has 170 valence electrons. The van der Waals surface area contributed by atoms with Gasteiger partial charge >= 0.3 is 5.97 Å². The number of ketones is 1. The second kappa shape index (κ2) is 11.1. The third-order valence-electron chi connectivity index (χ3n) is 5.39. The fraction of sp³-hybridized carbons (Fsp3) is 0.545. The minimum Gasteiger partial charge on any atom is -0.379 e. The van der Waals surface area contributed by atoms with Crippen LogP contribution in [-0.2, 0) is 30.4 Å². The summed E-state index contributed by atoms with van der Waals surface area (Å²) in [5.74, 6) is -4.22. The first-order valence-corrected chi connectivity index (χ1v) is 10.1. The molecule has 0 aliphatic heterocycles. The number of carbonyl (C=O) groups is 3. The van der Waals surface area contributed by atoms with Gasteiger partial charge < -0.3 is 14.9 Å². The third-order valence-corrected chi connectivity index (χ3v) is 5.39. The van der Waals surface area contributed by atoms with Gasteiger partial charge in [-0.15, -0.1) is 0 Å². The van der Waals surface area contributed by atoms with Crippen molar-refractivity contribution in [2.75, 3.05) is 7.11 Å². The van der Waals surface area contributed by atoms with E-state index in [-0.39, 0.29) is 36.5 Å². The van der Waals surface area contributed by atoms with Crippen LogP contribution in [0, 0.1) is 23.5 Å². The summed E-state index contributed by atoms with van der Waals surface area (Å²) < 4.78 is 32.7. The van der Waals surface area contributed by atoms with E-state index in [9.17, 15) is 23.2 Å². The topological polar surface area (TPSA) is 94.1 Å². The van der Waals surface area contributed by atoms with Crippen molar-refractivity contribution in [1.29, 1.82) is 0 Å². The summed E-state index contributed by atoms with van der Waals surface area (Å²) in [7, 11) is 1.39. The van der Waals surface area contributed by atoms with Gasteiger partial charge in [0.25, 0.3) is 0 Å². The summed E-state index contributed by atoms with van der Waals surface area (Å²) in [5.41, 5.74) is 0.633. The lowest BCUT2D eigenvalue weighted by Crippen LogP contribution is -2.49. The number of hydrogen-bond acceptors (Lipinski definition) is 6. The number of oxime groups is 1. The normalized spacial score (nSPS) is 20.1. The number of Topliss-reactive ketones (excluding diaryl/α,β-unsaturated/α-hetero) is 1. The van der Waals surface area contributed by atoms with Crippen LogP contribution in [0.4, 0.5) is 8.78 Å². The van der Waals surface area contributed by atoms with E-state index in [1.807, 2.05) is 0 Å². The summed E-state index contributed by atoms with van der Waals surface area (Å²) in [5, 5.41) is 6.19. The predicted molar refractivity (Wildman–Crippen MR) is 109 cm³/mol. The summed E-state index contributed by atoms with van der Waals surface area (Å²) in [6.45, 7) is 4.90. The predicted octanol–water partition coefficient (Wildman–Crippen LogP) is 2.95. The van der Waals surface area contributed by atoms with Gasteiger partial charge in [0.05, 0.1) is 11.8 Å². The first-order chi connectivity index (χ1) is 14.6. The molecule has 0 spiro atoms. The number of rotatable bonds is 9. The molecule has 1 amide bonds. The molecule has 0 saturated heterocycles. The van der Waals surface area contributed by atoms with Crippen molar-refractivity contribution in [1.82, 2.24) is 5.32 Å². The minimum absolute atomic E-state index is 0.0187. The monoisotopic (exact) mass is 438 g/mol. The SMILES string of the molecule is CO[C@H](C)[C@H](NC(=O)C[C@@H]1CCC(=O)C1Cc1cccc(F)c1F)C(=O)ON=C(C)C. The summed E-state index contributed by atoms with van der Waals surface area (Å²) >= 11 is 0. The van der Waals surface area contributed by atoms with E-state index in [4.69, 9.17) is 9.57 Å². The lowest BCUT2D eigenvalue weighted by molar-refractivity contribution is -0.151. The Kier molecular flexibility index (Phi) is 8.79. The zero-order valence-corrected chi connectivity index (χ0v) is 18.1. The molecule has 1 unspecified atom stereocenters. The number of hydrogen-bond donors (Lipinski definition) is 1. The molecule has 7 nitrogen and oxygen atoms in total. The van der Waals surface area contributed by atoms with E-state index in [0.717, 1.165) is 6.07 Å². The molecule has 1 aromatic rings. The van der Waals surface area contributed by atoms with Crippen LogP contribution in [0.2, 0.25) is 0 Å². The highest BCUT2D eigenvalue weighted by Crippen LogP contribution is 2.34. The number of nitrogens with zero attached hydrogens (tertiary/aromatic N) is 1. The van der Waals surface area contributed by atoms with Crippen LogP contribution in [0.5, 0.6) is 0 Å². The summed E-state index contributed by atoms with van der Waals surface area (Å²) in [6, 6.07) is 2.75. The first-order valence-electron chi connectivity index (χ1n) is 10.1. The molecule has 2 rings (SSSR count). The summed E-state index contributed by atoms with van der Waals surface area (Å²) in [4.78, 5) is 42.1. The molecule has 31 heavy (non-hydrogen) atoms. The van der Waals surface area contributed by atoms with Gasteiger partial charge in [-0.1, -0.05) is 17.3 Å². The van der Waals surface area contributed by atoms with Crippen LogP contribution in [0.15, 0.2) is 23.4 Å². The molecule has 1 aliphatic carbocycles. The maximum Gasteiger partial charge on any atom is 0.359 e. The molecule has 0 heterocycles. The Hall–Kier alpha value is -2.68. The zero-order chi connectivity index (χ0) is 23.1. The lowest BCUT2D eigenvalue weighted by atomic mass is 9.86. The molecular formula is C22H28F2N2O5. The van der Waals surface area contributed by atoms with Gasteiger partial charge in [0.2, 0.25) is 5.91 Å². The van der Waals surface area contributed by atoms with Crippen molar-refractivity contribution in [3.8, 4) is 0 Å². The van der Waals surface area contributed by atoms with Crippen molar-refractivity contribution in [3.05, 3.63) is 35.4 Å². The molecule has 1 saturated carbocycles. The quantitative estimate of drug-likeness (QED) is 0.363. The third kappa shape index (κ3) is 6.65. The van der Waals surface area contributed by atoms with E-state index in [1.54, 1.807) is 20.8 Å². The van der Waals surface area contributed by atoms with E-state index >= 15 is 0 Å². The Balaban J connectivity index is 2.07. The van der Waals surface area contributed by atoms with E-state index in [0.29, 0.717) is 12.1 Å². The molecule has 9 heteroatoms. The van der Waals surface area contributed by atoms with Gasteiger partial charge in [-0.2, -0.15) is 0 Å². The van der Waals surface area contributed by atoms with Crippen molar-refractivity contribution in [2.24, 2.45) is 17.0 Å². The Morgan fingerprint density at radius 2 is 2.00 bits per heavy atom. The van der Waals surface area contributed by atoms with Crippen LogP contribution in [0.1, 0.15) is 45.6 Å². The van der Waals surface area contributed by atoms with Gasteiger partial charge in [-0.3, -0.25) is 9.59 Å². The second-order valence-corrected chi connectivity index (χ2v) is 7.93. The smallest absolute Gasteiger partial charge is 0.359 e.